The van der Waals surface area contributed by atoms with Crippen molar-refractivity contribution in [2.24, 2.45) is 7.05 Å². The van der Waals surface area contributed by atoms with Crippen molar-refractivity contribution in [2.75, 3.05) is 5.32 Å². The highest BCUT2D eigenvalue weighted by atomic mass is 127. The van der Waals surface area contributed by atoms with E-state index in [1.54, 1.807) is 0 Å². The van der Waals surface area contributed by atoms with Crippen molar-refractivity contribution in [1.29, 1.82) is 0 Å². The monoisotopic (exact) mass is 419 g/mol. The van der Waals surface area contributed by atoms with E-state index in [-0.39, 0.29) is 0 Å². The molecule has 1 N–H and O–H groups in total. The molecule has 18 heavy (non-hydrogen) atoms. The van der Waals surface area contributed by atoms with E-state index < -0.39 is 0 Å². The largest absolute Gasteiger partial charge is 0.378 e. The van der Waals surface area contributed by atoms with Gasteiger partial charge in [-0.1, -0.05) is 6.92 Å². The fraction of sp³-hybridized carbons (Fsp3) is 0.308. The number of halogens is 2. The molecule has 96 valence electrons. The Morgan fingerprint density at radius 3 is 2.83 bits per heavy atom. The van der Waals surface area contributed by atoms with E-state index in [0.717, 1.165) is 28.8 Å². The van der Waals surface area contributed by atoms with Crippen molar-refractivity contribution in [1.82, 2.24) is 9.78 Å². The number of aromatic nitrogens is 2. The Kier molecular flexibility index (Phi) is 4.66. The Morgan fingerprint density at radius 2 is 2.17 bits per heavy atom. The number of nitrogens with one attached hydrogen (secondary N) is 1. The summed E-state index contributed by atoms with van der Waals surface area (Å²) in [6.07, 6.45) is 0.973. The molecule has 0 aliphatic heterocycles. The van der Waals surface area contributed by atoms with E-state index in [1.165, 1.54) is 9.26 Å². The predicted molar refractivity (Wildman–Crippen MR) is 86.8 cm³/mol. The quantitative estimate of drug-likeness (QED) is 0.760. The van der Waals surface area contributed by atoms with Gasteiger partial charge in [-0.25, -0.2) is 0 Å². The molecule has 0 saturated carbocycles. The van der Waals surface area contributed by atoms with Crippen LogP contribution in [0.4, 0.5) is 5.69 Å². The first kappa shape index (κ1) is 13.9. The molecule has 0 aliphatic carbocycles. The van der Waals surface area contributed by atoms with Crippen LogP contribution in [0.1, 0.15) is 18.3 Å². The van der Waals surface area contributed by atoms with Gasteiger partial charge in [-0.3, -0.25) is 4.68 Å². The number of aryl methyl sites for hydroxylation is 2. The van der Waals surface area contributed by atoms with E-state index >= 15 is 0 Å². The van der Waals surface area contributed by atoms with E-state index in [4.69, 9.17) is 0 Å². The predicted octanol–water partition coefficient (Wildman–Crippen LogP) is 3.96. The zero-order chi connectivity index (χ0) is 13.1. The second-order valence-corrected chi connectivity index (χ2v) is 6.18. The Hall–Kier alpha value is -0.560. The van der Waals surface area contributed by atoms with Gasteiger partial charge < -0.3 is 5.32 Å². The van der Waals surface area contributed by atoms with Crippen molar-refractivity contribution in [3.05, 3.63) is 43.7 Å². The summed E-state index contributed by atoms with van der Waals surface area (Å²) < 4.78 is 4.24. The maximum absolute atomic E-state index is 4.44. The SMILES string of the molecule is CCc1cc(CNc2cc(I)ccc2Br)n(C)n1. The van der Waals surface area contributed by atoms with Gasteiger partial charge in [0.1, 0.15) is 0 Å². The molecule has 3 nitrogen and oxygen atoms in total. The molecular weight excluding hydrogens is 405 g/mol. The minimum Gasteiger partial charge on any atom is -0.378 e. The smallest absolute Gasteiger partial charge is 0.0625 e. The number of nitrogens with zero attached hydrogens (tertiary/aromatic N) is 2. The third-order valence-electron chi connectivity index (χ3n) is 2.78. The minimum absolute atomic E-state index is 0.780. The summed E-state index contributed by atoms with van der Waals surface area (Å²) in [5.74, 6) is 0. The lowest BCUT2D eigenvalue weighted by atomic mass is 10.3. The molecule has 0 unspecified atom stereocenters. The third-order valence-corrected chi connectivity index (χ3v) is 4.14. The van der Waals surface area contributed by atoms with Crippen molar-refractivity contribution >= 4 is 44.2 Å². The van der Waals surface area contributed by atoms with Crippen LogP contribution in [-0.2, 0) is 20.0 Å². The van der Waals surface area contributed by atoms with Crippen molar-refractivity contribution in [3.63, 3.8) is 0 Å². The number of hydrogen-bond donors (Lipinski definition) is 1. The first-order valence-corrected chi connectivity index (χ1v) is 7.68. The second kappa shape index (κ2) is 6.06. The van der Waals surface area contributed by atoms with Gasteiger partial charge >= 0.3 is 0 Å². The summed E-state index contributed by atoms with van der Waals surface area (Å²) >= 11 is 5.87. The minimum atomic E-state index is 0.780. The molecule has 2 aromatic rings. The Bertz CT molecular complexity index is 551. The molecule has 0 saturated heterocycles. The molecule has 0 bridgehead atoms. The maximum Gasteiger partial charge on any atom is 0.0625 e. The Balaban J connectivity index is 2.11. The van der Waals surface area contributed by atoms with Gasteiger partial charge in [0.25, 0.3) is 0 Å². The van der Waals surface area contributed by atoms with Gasteiger partial charge in [-0.15, -0.1) is 0 Å². The summed E-state index contributed by atoms with van der Waals surface area (Å²) in [6, 6.07) is 8.41. The summed E-state index contributed by atoms with van der Waals surface area (Å²) in [7, 11) is 1.99. The summed E-state index contributed by atoms with van der Waals surface area (Å²) in [4.78, 5) is 0. The summed E-state index contributed by atoms with van der Waals surface area (Å²) in [5.41, 5.74) is 3.44. The fourth-order valence-corrected chi connectivity index (χ4v) is 2.61. The zero-order valence-corrected chi connectivity index (χ0v) is 14.1. The maximum atomic E-state index is 4.44. The van der Waals surface area contributed by atoms with Gasteiger partial charge in [-0.2, -0.15) is 5.10 Å². The van der Waals surface area contributed by atoms with Crippen LogP contribution < -0.4 is 5.32 Å². The summed E-state index contributed by atoms with van der Waals surface area (Å²) in [6.45, 7) is 2.90. The Labute approximate surface area is 129 Å². The molecule has 2 rings (SSSR count). The van der Waals surface area contributed by atoms with E-state index in [9.17, 15) is 0 Å². The average molecular weight is 420 g/mol. The van der Waals surface area contributed by atoms with Crippen LogP contribution in [0.3, 0.4) is 0 Å². The number of rotatable bonds is 4. The summed E-state index contributed by atoms with van der Waals surface area (Å²) in [5, 5.41) is 7.88. The van der Waals surface area contributed by atoms with Crippen LogP contribution >= 0.6 is 38.5 Å². The molecule has 1 aromatic carbocycles. The molecule has 1 aromatic heterocycles. The van der Waals surface area contributed by atoms with E-state index in [2.05, 4.69) is 80.1 Å². The van der Waals surface area contributed by atoms with Crippen LogP contribution in [0.15, 0.2) is 28.7 Å². The van der Waals surface area contributed by atoms with Crippen molar-refractivity contribution in [3.8, 4) is 0 Å². The molecule has 5 heteroatoms. The average Bonchev–Trinajstić information content (AvgIpc) is 2.71. The normalized spacial score (nSPS) is 10.7. The Morgan fingerprint density at radius 1 is 1.39 bits per heavy atom. The highest BCUT2D eigenvalue weighted by molar-refractivity contribution is 14.1. The van der Waals surface area contributed by atoms with E-state index in [1.807, 2.05) is 11.7 Å². The van der Waals surface area contributed by atoms with Crippen molar-refractivity contribution in [2.45, 2.75) is 19.9 Å². The van der Waals surface area contributed by atoms with Crippen LogP contribution in [0, 0.1) is 3.57 Å². The molecule has 1 heterocycles. The van der Waals surface area contributed by atoms with Crippen molar-refractivity contribution < 1.29 is 0 Å². The third kappa shape index (κ3) is 3.26. The number of hydrogen-bond acceptors (Lipinski definition) is 2. The number of anilines is 1. The fourth-order valence-electron chi connectivity index (χ4n) is 1.73. The topological polar surface area (TPSA) is 29.9 Å². The standard InChI is InChI=1S/C13H15BrIN3/c1-3-10-7-11(18(2)17-10)8-16-13-6-9(15)4-5-12(13)14/h4-7,16H,3,8H2,1-2H3. The highest BCUT2D eigenvalue weighted by Gasteiger charge is 2.05. The van der Waals surface area contributed by atoms with Gasteiger partial charge in [0, 0.05) is 20.8 Å². The molecule has 0 fully saturated rings. The molecular formula is C13H15BrIN3. The molecule has 0 atom stereocenters. The molecule has 0 spiro atoms. The van der Waals surface area contributed by atoms with Gasteiger partial charge in [0.05, 0.1) is 17.9 Å². The highest BCUT2D eigenvalue weighted by Crippen LogP contribution is 2.24. The van der Waals surface area contributed by atoms with Crippen LogP contribution in [0.25, 0.3) is 0 Å². The first-order valence-electron chi connectivity index (χ1n) is 5.81. The molecule has 0 radical (unpaired) electrons. The lowest BCUT2D eigenvalue weighted by molar-refractivity contribution is 0.707. The van der Waals surface area contributed by atoms with Gasteiger partial charge in [-0.05, 0) is 69.2 Å². The molecule has 0 aliphatic rings. The van der Waals surface area contributed by atoms with Crippen LogP contribution in [0.5, 0.6) is 0 Å². The lowest BCUT2D eigenvalue weighted by Crippen LogP contribution is -2.05. The van der Waals surface area contributed by atoms with Crippen LogP contribution in [-0.4, -0.2) is 9.78 Å². The van der Waals surface area contributed by atoms with Gasteiger partial charge in [0.2, 0.25) is 0 Å². The van der Waals surface area contributed by atoms with Gasteiger partial charge in [0.15, 0.2) is 0 Å². The first-order chi connectivity index (χ1) is 8.60. The van der Waals surface area contributed by atoms with Crippen LogP contribution in [0.2, 0.25) is 0 Å². The van der Waals surface area contributed by atoms with E-state index in [0.29, 0.717) is 0 Å². The second-order valence-electron chi connectivity index (χ2n) is 4.08. The molecule has 0 amide bonds. The lowest BCUT2D eigenvalue weighted by Gasteiger charge is -2.09. The zero-order valence-electron chi connectivity index (χ0n) is 10.4. The number of benzene rings is 1.